The Morgan fingerprint density at radius 2 is 1.14 bits per heavy atom. The summed E-state index contributed by atoms with van der Waals surface area (Å²) in [6.07, 6.45) is 3.60. The second kappa shape index (κ2) is 12.1. The summed E-state index contributed by atoms with van der Waals surface area (Å²) in [5.41, 5.74) is 2.95. The van der Waals surface area contributed by atoms with Gasteiger partial charge in [-0.15, -0.1) is 0 Å². The number of hydrogen-bond acceptors (Lipinski definition) is 0. The minimum absolute atomic E-state index is 0.654. The first-order chi connectivity index (χ1) is 14.2. The molecule has 0 aliphatic rings. The standard InChI is InChI=1S/C14H16.C13H14.C2H6/c1-3-11(2)13-10-6-8-12-7-4-5-9-14(12)13;1-2-6-11-8-5-9-12-7-3-4-10-13(11)12;1-2/h4-11H,3H2,1-2H3;3-5,7-10H,2,6H2,1H3;1-2H3. The summed E-state index contributed by atoms with van der Waals surface area (Å²) in [5, 5.41) is 5.52. The molecule has 4 aromatic rings. The fourth-order valence-electron chi connectivity index (χ4n) is 3.68. The Labute approximate surface area is 177 Å². The summed E-state index contributed by atoms with van der Waals surface area (Å²) < 4.78 is 0. The number of hydrogen-bond donors (Lipinski definition) is 0. The summed E-state index contributed by atoms with van der Waals surface area (Å²) in [5.74, 6) is 0.654. The van der Waals surface area contributed by atoms with Crippen molar-refractivity contribution in [1.82, 2.24) is 0 Å². The Bertz CT molecular complexity index is 986. The molecular formula is C29H36. The molecule has 0 saturated carbocycles. The summed E-state index contributed by atoms with van der Waals surface area (Å²) >= 11 is 0. The topological polar surface area (TPSA) is 0 Å². The maximum atomic E-state index is 2.29. The zero-order valence-electron chi connectivity index (χ0n) is 18.8. The lowest BCUT2D eigenvalue weighted by Crippen LogP contribution is -1.92. The molecule has 0 nitrogen and oxygen atoms in total. The van der Waals surface area contributed by atoms with Crippen LogP contribution in [0.5, 0.6) is 0 Å². The van der Waals surface area contributed by atoms with Crippen LogP contribution < -0.4 is 0 Å². The minimum atomic E-state index is 0.654. The van der Waals surface area contributed by atoms with E-state index in [2.05, 4.69) is 106 Å². The Morgan fingerprint density at radius 1 is 0.621 bits per heavy atom. The monoisotopic (exact) mass is 384 g/mol. The molecule has 0 amide bonds. The van der Waals surface area contributed by atoms with Crippen LogP contribution in [-0.2, 0) is 6.42 Å². The van der Waals surface area contributed by atoms with Crippen LogP contribution in [0.25, 0.3) is 21.5 Å². The van der Waals surface area contributed by atoms with Crippen molar-refractivity contribution >= 4 is 21.5 Å². The smallest absolute Gasteiger partial charge is 0.0149 e. The summed E-state index contributed by atoms with van der Waals surface area (Å²) in [7, 11) is 0. The van der Waals surface area contributed by atoms with Crippen molar-refractivity contribution in [3.8, 4) is 0 Å². The molecule has 0 saturated heterocycles. The SMILES string of the molecule is CC.CCC(C)c1cccc2ccccc12.CCCc1cccc2ccccc12. The largest absolute Gasteiger partial charge is 0.0683 e. The van der Waals surface area contributed by atoms with Crippen LogP contribution in [0.2, 0.25) is 0 Å². The molecule has 0 aliphatic heterocycles. The number of fused-ring (bicyclic) bond motifs is 2. The van der Waals surface area contributed by atoms with Gasteiger partial charge >= 0.3 is 0 Å². The molecule has 0 N–H and O–H groups in total. The van der Waals surface area contributed by atoms with Gasteiger partial charge in [-0.3, -0.25) is 0 Å². The van der Waals surface area contributed by atoms with Crippen LogP contribution in [-0.4, -0.2) is 0 Å². The predicted molar refractivity (Wildman–Crippen MR) is 132 cm³/mol. The van der Waals surface area contributed by atoms with Crippen molar-refractivity contribution in [2.24, 2.45) is 0 Å². The Morgan fingerprint density at radius 3 is 1.76 bits per heavy atom. The van der Waals surface area contributed by atoms with E-state index in [1.807, 2.05) is 13.8 Å². The molecule has 4 rings (SSSR count). The zero-order valence-corrected chi connectivity index (χ0v) is 18.8. The second-order valence-corrected chi connectivity index (χ2v) is 7.27. The molecule has 0 aliphatic carbocycles. The second-order valence-electron chi connectivity index (χ2n) is 7.27. The van der Waals surface area contributed by atoms with Crippen molar-refractivity contribution in [3.05, 3.63) is 96.1 Å². The average molecular weight is 385 g/mol. The van der Waals surface area contributed by atoms with E-state index in [1.165, 1.54) is 51.9 Å². The van der Waals surface area contributed by atoms with Crippen LogP contribution >= 0.6 is 0 Å². The predicted octanol–water partition coefficient (Wildman–Crippen LogP) is 9.17. The van der Waals surface area contributed by atoms with Crippen LogP contribution in [0.1, 0.15) is 64.5 Å². The highest BCUT2D eigenvalue weighted by molar-refractivity contribution is 5.86. The minimum Gasteiger partial charge on any atom is -0.0683 e. The molecule has 29 heavy (non-hydrogen) atoms. The molecule has 0 radical (unpaired) electrons. The third-order valence-electron chi connectivity index (χ3n) is 5.37. The number of rotatable bonds is 4. The van der Waals surface area contributed by atoms with Gasteiger partial charge in [-0.25, -0.2) is 0 Å². The highest BCUT2D eigenvalue weighted by atomic mass is 14.1. The van der Waals surface area contributed by atoms with Gasteiger partial charge in [0.15, 0.2) is 0 Å². The van der Waals surface area contributed by atoms with Crippen LogP contribution in [0.3, 0.4) is 0 Å². The quantitative estimate of drug-likeness (QED) is 0.329. The van der Waals surface area contributed by atoms with E-state index in [0.29, 0.717) is 5.92 Å². The Balaban J connectivity index is 0.000000191. The number of benzene rings is 4. The van der Waals surface area contributed by atoms with Crippen LogP contribution in [0, 0.1) is 0 Å². The molecule has 0 spiro atoms. The van der Waals surface area contributed by atoms with Gasteiger partial charge in [-0.05, 0) is 51.4 Å². The molecule has 4 aromatic carbocycles. The fraction of sp³-hybridized carbons (Fsp3) is 0.310. The number of aryl methyl sites for hydroxylation is 1. The summed E-state index contributed by atoms with van der Waals surface area (Å²) in [6.45, 7) is 10.8. The van der Waals surface area contributed by atoms with Gasteiger partial charge in [0.05, 0.1) is 0 Å². The van der Waals surface area contributed by atoms with Gasteiger partial charge in [0.25, 0.3) is 0 Å². The molecule has 0 heteroatoms. The lowest BCUT2D eigenvalue weighted by molar-refractivity contribution is 0.740. The maximum Gasteiger partial charge on any atom is -0.0149 e. The van der Waals surface area contributed by atoms with E-state index in [-0.39, 0.29) is 0 Å². The fourth-order valence-corrected chi connectivity index (χ4v) is 3.68. The first-order valence-corrected chi connectivity index (χ1v) is 11.2. The zero-order chi connectivity index (χ0) is 21.1. The van der Waals surface area contributed by atoms with E-state index in [0.717, 1.165) is 0 Å². The molecule has 0 bridgehead atoms. The lowest BCUT2D eigenvalue weighted by Gasteiger charge is -2.12. The van der Waals surface area contributed by atoms with E-state index in [1.54, 1.807) is 0 Å². The van der Waals surface area contributed by atoms with Gasteiger partial charge in [0.1, 0.15) is 0 Å². The first-order valence-electron chi connectivity index (χ1n) is 11.2. The van der Waals surface area contributed by atoms with E-state index in [4.69, 9.17) is 0 Å². The highest BCUT2D eigenvalue weighted by Gasteiger charge is 2.06. The lowest BCUT2D eigenvalue weighted by atomic mass is 9.93. The molecule has 152 valence electrons. The average Bonchev–Trinajstić information content (AvgIpc) is 2.80. The van der Waals surface area contributed by atoms with E-state index >= 15 is 0 Å². The molecular weight excluding hydrogens is 348 g/mol. The maximum absolute atomic E-state index is 2.29. The van der Waals surface area contributed by atoms with Crippen molar-refractivity contribution in [2.75, 3.05) is 0 Å². The molecule has 0 aromatic heterocycles. The Kier molecular flexibility index (Phi) is 9.44. The highest BCUT2D eigenvalue weighted by Crippen LogP contribution is 2.27. The van der Waals surface area contributed by atoms with E-state index < -0.39 is 0 Å². The van der Waals surface area contributed by atoms with Crippen LogP contribution in [0.15, 0.2) is 84.9 Å². The molecule has 1 unspecified atom stereocenters. The molecule has 1 atom stereocenters. The first kappa shape index (κ1) is 22.7. The van der Waals surface area contributed by atoms with Crippen molar-refractivity contribution in [2.45, 2.75) is 59.8 Å². The Hall–Kier alpha value is -2.60. The third kappa shape index (κ3) is 5.94. The van der Waals surface area contributed by atoms with E-state index in [9.17, 15) is 0 Å². The third-order valence-corrected chi connectivity index (χ3v) is 5.37. The van der Waals surface area contributed by atoms with Gasteiger partial charge in [0, 0.05) is 0 Å². The summed E-state index contributed by atoms with van der Waals surface area (Å²) in [4.78, 5) is 0. The van der Waals surface area contributed by atoms with Crippen molar-refractivity contribution < 1.29 is 0 Å². The van der Waals surface area contributed by atoms with Crippen LogP contribution in [0.4, 0.5) is 0 Å². The normalized spacial score (nSPS) is 11.2. The summed E-state index contributed by atoms with van der Waals surface area (Å²) in [6, 6.07) is 30.3. The van der Waals surface area contributed by atoms with Gasteiger partial charge in [-0.2, -0.15) is 0 Å². The van der Waals surface area contributed by atoms with Gasteiger partial charge in [0.2, 0.25) is 0 Å². The van der Waals surface area contributed by atoms with Gasteiger partial charge in [-0.1, -0.05) is 126 Å². The van der Waals surface area contributed by atoms with Crippen molar-refractivity contribution in [1.29, 1.82) is 0 Å². The molecule has 0 fully saturated rings. The van der Waals surface area contributed by atoms with Crippen molar-refractivity contribution in [3.63, 3.8) is 0 Å². The molecule has 0 heterocycles. The van der Waals surface area contributed by atoms with Gasteiger partial charge < -0.3 is 0 Å².